The fraction of sp³-hybridized carbons (Fsp3) is 0.154. The fourth-order valence-corrected chi connectivity index (χ4v) is 3.74. The van der Waals surface area contributed by atoms with Gasteiger partial charge in [0.05, 0.1) is 35.7 Å². The molecular formula is C26H22FN7O2. The summed E-state index contributed by atoms with van der Waals surface area (Å²) in [5, 5.41) is 11.2. The standard InChI is InChI=1S/C26H22FN7O2/c1-33-17-22(16-30-33)31-25-28-14-18(15-29-25)7-8-20-13-21(9-10-23(20)27)32-26(35)34-24(11-12-36-34)19-5-3-2-4-6-19/h2-6,9-10,13-17,24H,11-12H2,1H3,(H,32,35)(H,28,29,31)/t24-/m0/s1. The van der Waals surface area contributed by atoms with Crippen molar-refractivity contribution < 1.29 is 14.0 Å². The second-order valence-corrected chi connectivity index (χ2v) is 8.07. The summed E-state index contributed by atoms with van der Waals surface area (Å²) in [6, 6.07) is 13.3. The summed E-state index contributed by atoms with van der Waals surface area (Å²) in [7, 11) is 1.81. The zero-order chi connectivity index (χ0) is 24.9. The number of hydroxylamine groups is 2. The molecule has 2 aromatic carbocycles. The summed E-state index contributed by atoms with van der Waals surface area (Å²) >= 11 is 0. The maximum Gasteiger partial charge on any atom is 0.346 e. The van der Waals surface area contributed by atoms with Crippen LogP contribution in [0.1, 0.15) is 29.2 Å². The smallest absolute Gasteiger partial charge is 0.321 e. The van der Waals surface area contributed by atoms with Crippen LogP contribution < -0.4 is 10.6 Å². The van der Waals surface area contributed by atoms with Gasteiger partial charge in [-0.1, -0.05) is 42.2 Å². The zero-order valence-electron chi connectivity index (χ0n) is 19.4. The predicted molar refractivity (Wildman–Crippen MR) is 132 cm³/mol. The number of urea groups is 1. The topological polar surface area (TPSA) is 97.2 Å². The number of hydrogen-bond donors (Lipinski definition) is 2. The number of carbonyl (C=O) groups is 1. The van der Waals surface area contributed by atoms with Crippen molar-refractivity contribution in [2.45, 2.75) is 12.5 Å². The number of rotatable bonds is 4. The highest BCUT2D eigenvalue weighted by molar-refractivity contribution is 5.89. The van der Waals surface area contributed by atoms with E-state index < -0.39 is 11.8 Å². The molecule has 1 saturated heterocycles. The highest BCUT2D eigenvalue weighted by Gasteiger charge is 2.31. The molecule has 180 valence electrons. The van der Waals surface area contributed by atoms with Crippen molar-refractivity contribution in [1.82, 2.24) is 24.8 Å². The number of anilines is 3. The van der Waals surface area contributed by atoms with Crippen molar-refractivity contribution in [2.75, 3.05) is 17.2 Å². The summed E-state index contributed by atoms with van der Waals surface area (Å²) in [6.45, 7) is 0.436. The first-order chi connectivity index (χ1) is 17.5. The molecule has 0 saturated carbocycles. The van der Waals surface area contributed by atoms with Crippen LogP contribution >= 0.6 is 0 Å². The number of aromatic nitrogens is 4. The van der Waals surface area contributed by atoms with Crippen LogP contribution in [0.5, 0.6) is 0 Å². The molecule has 0 radical (unpaired) electrons. The molecule has 1 aliphatic heterocycles. The number of benzene rings is 2. The monoisotopic (exact) mass is 483 g/mol. The average Bonchev–Trinajstić information content (AvgIpc) is 3.55. The molecular weight excluding hydrogens is 461 g/mol. The van der Waals surface area contributed by atoms with E-state index >= 15 is 0 Å². The van der Waals surface area contributed by atoms with Gasteiger partial charge in [0.25, 0.3) is 0 Å². The van der Waals surface area contributed by atoms with Gasteiger partial charge in [-0.15, -0.1) is 0 Å². The van der Waals surface area contributed by atoms with Gasteiger partial charge in [-0.2, -0.15) is 10.2 Å². The molecule has 0 spiro atoms. The van der Waals surface area contributed by atoms with Crippen molar-refractivity contribution in [3.8, 4) is 11.8 Å². The van der Waals surface area contributed by atoms with Gasteiger partial charge in [0.2, 0.25) is 5.95 Å². The first-order valence-electron chi connectivity index (χ1n) is 11.2. The number of amides is 2. The third kappa shape index (κ3) is 5.32. The van der Waals surface area contributed by atoms with E-state index in [-0.39, 0.29) is 11.6 Å². The summed E-state index contributed by atoms with van der Waals surface area (Å²) in [5.41, 5.74) is 2.79. The Morgan fingerprint density at radius 2 is 1.89 bits per heavy atom. The summed E-state index contributed by atoms with van der Waals surface area (Å²) < 4.78 is 16.1. The van der Waals surface area contributed by atoms with E-state index in [1.807, 2.05) is 37.4 Å². The van der Waals surface area contributed by atoms with Gasteiger partial charge < -0.3 is 10.6 Å². The Labute approximate surface area is 206 Å². The molecule has 1 atom stereocenters. The first kappa shape index (κ1) is 23.0. The van der Waals surface area contributed by atoms with Crippen LogP contribution in [0, 0.1) is 17.7 Å². The fourth-order valence-electron chi connectivity index (χ4n) is 3.74. The molecule has 5 rings (SSSR count). The summed E-state index contributed by atoms with van der Waals surface area (Å²) in [4.78, 5) is 26.9. The van der Waals surface area contributed by atoms with Gasteiger partial charge in [0, 0.05) is 37.7 Å². The molecule has 4 aromatic rings. The summed E-state index contributed by atoms with van der Waals surface area (Å²) in [6.07, 6.45) is 7.22. The first-order valence-corrected chi connectivity index (χ1v) is 11.2. The van der Waals surface area contributed by atoms with E-state index in [9.17, 15) is 9.18 Å². The van der Waals surface area contributed by atoms with Crippen LogP contribution in [0.3, 0.4) is 0 Å². The van der Waals surface area contributed by atoms with Crippen molar-refractivity contribution >= 4 is 23.4 Å². The third-order valence-corrected chi connectivity index (χ3v) is 5.46. The second kappa shape index (κ2) is 10.2. The molecule has 0 aliphatic carbocycles. The lowest BCUT2D eigenvalue weighted by atomic mass is 10.1. The minimum Gasteiger partial charge on any atom is -0.321 e. The second-order valence-electron chi connectivity index (χ2n) is 8.07. The molecule has 3 heterocycles. The Morgan fingerprint density at radius 1 is 1.08 bits per heavy atom. The largest absolute Gasteiger partial charge is 0.346 e. The molecule has 1 fully saturated rings. The van der Waals surface area contributed by atoms with Crippen LogP contribution in [-0.4, -0.2) is 37.4 Å². The van der Waals surface area contributed by atoms with Crippen molar-refractivity contribution in [1.29, 1.82) is 0 Å². The van der Waals surface area contributed by atoms with Crippen LogP contribution in [-0.2, 0) is 11.9 Å². The molecule has 0 unspecified atom stereocenters. The Balaban J connectivity index is 1.26. The van der Waals surface area contributed by atoms with Crippen molar-refractivity contribution in [3.63, 3.8) is 0 Å². The van der Waals surface area contributed by atoms with E-state index in [0.29, 0.717) is 30.2 Å². The van der Waals surface area contributed by atoms with Gasteiger partial charge in [-0.05, 0) is 23.8 Å². The van der Waals surface area contributed by atoms with E-state index in [4.69, 9.17) is 4.84 Å². The molecule has 2 aromatic heterocycles. The van der Waals surface area contributed by atoms with Gasteiger partial charge in [0.15, 0.2) is 0 Å². The van der Waals surface area contributed by atoms with Gasteiger partial charge >= 0.3 is 6.03 Å². The van der Waals surface area contributed by atoms with Crippen LogP contribution in [0.15, 0.2) is 73.3 Å². The molecule has 1 aliphatic rings. The lowest BCUT2D eigenvalue weighted by Gasteiger charge is -2.23. The maximum atomic E-state index is 14.4. The lowest BCUT2D eigenvalue weighted by molar-refractivity contribution is -0.0829. The molecule has 36 heavy (non-hydrogen) atoms. The Hall–Kier alpha value is -4.75. The minimum atomic E-state index is -0.504. The summed E-state index contributed by atoms with van der Waals surface area (Å²) in [5.74, 6) is 5.53. The number of aryl methyl sites for hydroxylation is 1. The quantitative estimate of drug-likeness (QED) is 0.418. The lowest BCUT2D eigenvalue weighted by Crippen LogP contribution is -2.33. The van der Waals surface area contributed by atoms with Crippen LogP contribution in [0.4, 0.5) is 26.5 Å². The predicted octanol–water partition coefficient (Wildman–Crippen LogP) is 4.40. The Bertz CT molecular complexity index is 1430. The van der Waals surface area contributed by atoms with Crippen LogP contribution in [0.2, 0.25) is 0 Å². The van der Waals surface area contributed by atoms with Crippen molar-refractivity contribution in [3.05, 3.63) is 95.8 Å². The highest BCUT2D eigenvalue weighted by atomic mass is 19.1. The number of carbonyl (C=O) groups excluding carboxylic acids is 1. The molecule has 9 nitrogen and oxygen atoms in total. The van der Waals surface area contributed by atoms with Crippen LogP contribution in [0.25, 0.3) is 0 Å². The highest BCUT2D eigenvalue weighted by Crippen LogP contribution is 2.30. The normalized spacial score (nSPS) is 14.7. The number of hydrogen-bond acceptors (Lipinski definition) is 6. The number of halogens is 1. The van der Waals surface area contributed by atoms with E-state index in [1.54, 1.807) is 17.1 Å². The number of nitrogens with zero attached hydrogens (tertiary/aromatic N) is 5. The van der Waals surface area contributed by atoms with Gasteiger partial charge in [-0.3, -0.25) is 9.52 Å². The van der Waals surface area contributed by atoms with E-state index in [1.165, 1.54) is 35.7 Å². The number of nitrogens with one attached hydrogen (secondary N) is 2. The zero-order valence-corrected chi connectivity index (χ0v) is 19.4. The SMILES string of the molecule is Cn1cc(Nc2ncc(C#Cc3cc(NC(=O)N4OCC[C@H]4c4ccccc4)ccc3F)cn2)cn1. The molecule has 10 heteroatoms. The maximum absolute atomic E-state index is 14.4. The third-order valence-electron chi connectivity index (χ3n) is 5.46. The van der Waals surface area contributed by atoms with E-state index in [0.717, 1.165) is 11.3 Å². The van der Waals surface area contributed by atoms with Crippen molar-refractivity contribution in [2.24, 2.45) is 7.05 Å². The average molecular weight is 484 g/mol. The molecule has 2 N–H and O–H groups in total. The minimum absolute atomic E-state index is 0.132. The van der Waals surface area contributed by atoms with Gasteiger partial charge in [-0.25, -0.2) is 19.2 Å². The van der Waals surface area contributed by atoms with Gasteiger partial charge in [0.1, 0.15) is 5.82 Å². The molecule has 0 bridgehead atoms. The Morgan fingerprint density at radius 3 is 2.64 bits per heavy atom. The Kier molecular flexibility index (Phi) is 6.55. The van der Waals surface area contributed by atoms with E-state index in [2.05, 4.69) is 37.5 Å². The molecule has 2 amide bonds.